The van der Waals surface area contributed by atoms with Crippen LogP contribution in [0.2, 0.25) is 0 Å². The second-order valence-corrected chi connectivity index (χ2v) is 7.99. The second kappa shape index (κ2) is 7.92. The van der Waals surface area contributed by atoms with Crippen LogP contribution < -0.4 is 5.32 Å². The number of hydrogen-bond donors (Lipinski definition) is 1. The van der Waals surface area contributed by atoms with E-state index < -0.39 is 0 Å². The zero-order chi connectivity index (χ0) is 19.6. The molecule has 6 nitrogen and oxygen atoms in total. The van der Waals surface area contributed by atoms with E-state index in [0.717, 1.165) is 28.1 Å². The fourth-order valence-electron chi connectivity index (χ4n) is 3.02. The summed E-state index contributed by atoms with van der Waals surface area (Å²) in [5.74, 6) is -0.0746. The van der Waals surface area contributed by atoms with Crippen molar-refractivity contribution in [2.45, 2.75) is 45.0 Å². The van der Waals surface area contributed by atoms with Gasteiger partial charge in [0.2, 0.25) is 11.1 Å². The average Bonchev–Trinajstić information content (AvgIpc) is 3.06. The standard InChI is InChI=1S/C20H23N5OS/c1-12-10-14(3)18(15(4)11-12)21-19(26)16(5)27-20-22-23-24-25(20)17-9-7-6-8-13(17)2/h6-11,16H,1-5H3,(H,21,26)/t16-/m0/s1. The molecule has 0 aliphatic rings. The van der Waals surface area contributed by atoms with Crippen molar-refractivity contribution in [2.24, 2.45) is 0 Å². The van der Waals surface area contributed by atoms with E-state index in [1.54, 1.807) is 4.68 Å². The molecule has 2 aromatic carbocycles. The van der Waals surface area contributed by atoms with Gasteiger partial charge in [0.25, 0.3) is 0 Å². The summed E-state index contributed by atoms with van der Waals surface area (Å²) in [6.07, 6.45) is 0. The number of aryl methyl sites for hydroxylation is 4. The Balaban J connectivity index is 1.77. The normalized spacial score (nSPS) is 12.0. The van der Waals surface area contributed by atoms with Gasteiger partial charge in [0.05, 0.1) is 10.9 Å². The van der Waals surface area contributed by atoms with E-state index in [1.165, 1.54) is 17.3 Å². The lowest BCUT2D eigenvalue weighted by atomic mass is 10.1. The van der Waals surface area contributed by atoms with Gasteiger partial charge in [-0.25, -0.2) is 0 Å². The number of benzene rings is 2. The summed E-state index contributed by atoms with van der Waals surface area (Å²) < 4.78 is 1.67. The van der Waals surface area contributed by atoms with E-state index in [9.17, 15) is 4.79 Å². The van der Waals surface area contributed by atoms with Gasteiger partial charge in [-0.2, -0.15) is 4.68 Å². The highest BCUT2D eigenvalue weighted by Gasteiger charge is 2.21. The van der Waals surface area contributed by atoms with Crippen LogP contribution in [0.5, 0.6) is 0 Å². The molecule has 3 rings (SSSR count). The van der Waals surface area contributed by atoms with E-state index in [-0.39, 0.29) is 11.2 Å². The molecule has 7 heteroatoms. The SMILES string of the molecule is Cc1cc(C)c(NC(=O)[C@H](C)Sc2nnnn2-c2ccccc2C)c(C)c1. The number of nitrogens with zero attached hydrogens (tertiary/aromatic N) is 4. The number of thioether (sulfide) groups is 1. The molecule has 0 aliphatic heterocycles. The Hall–Kier alpha value is -2.67. The molecule has 1 atom stereocenters. The number of carbonyl (C=O) groups is 1. The van der Waals surface area contributed by atoms with Gasteiger partial charge in [-0.1, -0.05) is 47.7 Å². The maximum atomic E-state index is 12.7. The molecule has 0 unspecified atom stereocenters. The first-order valence-corrected chi connectivity index (χ1v) is 9.64. The van der Waals surface area contributed by atoms with Gasteiger partial charge >= 0.3 is 0 Å². The van der Waals surface area contributed by atoms with Crippen molar-refractivity contribution in [3.05, 3.63) is 58.7 Å². The van der Waals surface area contributed by atoms with Crippen LogP contribution in [0.3, 0.4) is 0 Å². The van der Waals surface area contributed by atoms with E-state index >= 15 is 0 Å². The maximum absolute atomic E-state index is 12.7. The second-order valence-electron chi connectivity index (χ2n) is 6.68. The van der Waals surface area contributed by atoms with Gasteiger partial charge in [0, 0.05) is 5.69 Å². The number of para-hydroxylation sites is 1. The predicted molar refractivity (Wildman–Crippen MR) is 108 cm³/mol. The van der Waals surface area contributed by atoms with Crippen molar-refractivity contribution in [3.63, 3.8) is 0 Å². The maximum Gasteiger partial charge on any atom is 0.237 e. The summed E-state index contributed by atoms with van der Waals surface area (Å²) in [5.41, 5.74) is 6.14. The summed E-state index contributed by atoms with van der Waals surface area (Å²) in [6.45, 7) is 9.92. The van der Waals surface area contributed by atoms with Crippen LogP contribution in [0.25, 0.3) is 5.69 Å². The van der Waals surface area contributed by atoms with Crippen molar-refractivity contribution >= 4 is 23.4 Å². The van der Waals surface area contributed by atoms with Crippen LogP contribution in [0.15, 0.2) is 41.6 Å². The van der Waals surface area contributed by atoms with Crippen molar-refractivity contribution in [3.8, 4) is 5.69 Å². The zero-order valence-corrected chi connectivity index (χ0v) is 17.0. The molecule has 1 N–H and O–H groups in total. The molecule has 0 spiro atoms. The summed E-state index contributed by atoms with van der Waals surface area (Å²) in [7, 11) is 0. The van der Waals surface area contributed by atoms with Gasteiger partial charge in [0.15, 0.2) is 0 Å². The average molecular weight is 382 g/mol. The van der Waals surface area contributed by atoms with Gasteiger partial charge < -0.3 is 5.32 Å². The minimum atomic E-state index is -0.348. The van der Waals surface area contributed by atoms with E-state index in [4.69, 9.17) is 0 Å². The molecule has 140 valence electrons. The predicted octanol–water partition coefficient (Wildman–Crippen LogP) is 4.02. The Morgan fingerprint density at radius 3 is 2.41 bits per heavy atom. The van der Waals surface area contributed by atoms with Gasteiger partial charge in [-0.05, 0) is 67.8 Å². The number of carbonyl (C=O) groups excluding carboxylic acids is 1. The molecular formula is C20H23N5OS. The minimum absolute atomic E-state index is 0.0746. The quantitative estimate of drug-likeness (QED) is 0.676. The van der Waals surface area contributed by atoms with Crippen LogP contribution in [0.4, 0.5) is 5.69 Å². The smallest absolute Gasteiger partial charge is 0.237 e. The van der Waals surface area contributed by atoms with Crippen LogP contribution in [-0.4, -0.2) is 31.4 Å². The summed E-state index contributed by atoms with van der Waals surface area (Å²) in [4.78, 5) is 12.7. The van der Waals surface area contributed by atoms with Crippen LogP contribution in [0.1, 0.15) is 29.2 Å². The lowest BCUT2D eigenvalue weighted by Crippen LogP contribution is -2.24. The largest absolute Gasteiger partial charge is 0.325 e. The molecule has 0 fully saturated rings. The minimum Gasteiger partial charge on any atom is -0.325 e. The Morgan fingerprint density at radius 2 is 1.74 bits per heavy atom. The highest BCUT2D eigenvalue weighted by Crippen LogP contribution is 2.27. The number of anilines is 1. The summed E-state index contributed by atoms with van der Waals surface area (Å²) >= 11 is 1.34. The fraction of sp³-hybridized carbons (Fsp3) is 0.300. The number of hydrogen-bond acceptors (Lipinski definition) is 5. The Labute approximate surface area is 163 Å². The van der Waals surface area contributed by atoms with Crippen LogP contribution >= 0.6 is 11.8 Å². The lowest BCUT2D eigenvalue weighted by molar-refractivity contribution is -0.115. The Morgan fingerprint density at radius 1 is 1.07 bits per heavy atom. The lowest BCUT2D eigenvalue weighted by Gasteiger charge is -2.16. The molecule has 0 saturated carbocycles. The van der Waals surface area contributed by atoms with Crippen molar-refractivity contribution in [2.75, 3.05) is 5.32 Å². The zero-order valence-electron chi connectivity index (χ0n) is 16.1. The molecule has 27 heavy (non-hydrogen) atoms. The molecule has 0 saturated heterocycles. The van der Waals surface area contributed by atoms with Crippen molar-refractivity contribution in [1.82, 2.24) is 20.2 Å². The van der Waals surface area contributed by atoms with Crippen molar-refractivity contribution < 1.29 is 4.79 Å². The highest BCUT2D eigenvalue weighted by molar-refractivity contribution is 8.00. The third-order valence-corrected chi connectivity index (χ3v) is 5.39. The number of amides is 1. The number of rotatable bonds is 5. The molecule has 0 aliphatic carbocycles. The first-order valence-electron chi connectivity index (χ1n) is 8.76. The molecular weight excluding hydrogens is 358 g/mol. The van der Waals surface area contributed by atoms with Crippen LogP contribution in [0, 0.1) is 27.7 Å². The van der Waals surface area contributed by atoms with E-state index in [1.807, 2.05) is 52.0 Å². The van der Waals surface area contributed by atoms with E-state index in [2.05, 4.69) is 39.9 Å². The Kier molecular flexibility index (Phi) is 5.60. The summed E-state index contributed by atoms with van der Waals surface area (Å²) in [6, 6.07) is 12.0. The first-order chi connectivity index (χ1) is 12.9. The van der Waals surface area contributed by atoms with Gasteiger partial charge in [-0.3, -0.25) is 4.79 Å². The van der Waals surface area contributed by atoms with Gasteiger partial charge in [0.1, 0.15) is 0 Å². The summed E-state index contributed by atoms with van der Waals surface area (Å²) in [5, 5.41) is 15.3. The third-order valence-electron chi connectivity index (χ3n) is 4.36. The molecule has 1 amide bonds. The van der Waals surface area contributed by atoms with Gasteiger partial charge in [-0.15, -0.1) is 5.10 Å². The number of nitrogens with one attached hydrogen (secondary N) is 1. The number of tetrazole rings is 1. The first kappa shape index (κ1) is 19.1. The monoisotopic (exact) mass is 381 g/mol. The fourth-order valence-corrected chi connectivity index (χ4v) is 3.82. The van der Waals surface area contributed by atoms with Crippen molar-refractivity contribution in [1.29, 1.82) is 0 Å². The Bertz CT molecular complexity index is 959. The topological polar surface area (TPSA) is 72.7 Å². The molecule has 1 aromatic heterocycles. The highest BCUT2D eigenvalue weighted by atomic mass is 32.2. The molecule has 1 heterocycles. The van der Waals surface area contributed by atoms with Crippen LogP contribution in [-0.2, 0) is 4.79 Å². The van der Waals surface area contributed by atoms with E-state index in [0.29, 0.717) is 5.16 Å². The molecule has 0 bridgehead atoms. The molecule has 0 radical (unpaired) electrons. The third kappa shape index (κ3) is 4.19. The number of aromatic nitrogens is 4. The molecule has 3 aromatic rings.